The molecular weight excluding hydrogens is 150 g/mol. The fourth-order valence-electron chi connectivity index (χ4n) is 0.253. The highest BCUT2D eigenvalue weighted by Gasteiger charge is 1.97. The van der Waals surface area contributed by atoms with E-state index >= 15 is 0 Å². The molecule has 0 radical (unpaired) electrons. The van der Waals surface area contributed by atoms with Crippen molar-refractivity contribution in [1.29, 1.82) is 0 Å². The predicted molar refractivity (Wildman–Crippen MR) is 42.6 cm³/mol. The zero-order valence-electron chi connectivity index (χ0n) is 5.64. The minimum atomic E-state index is -0.481. The van der Waals surface area contributed by atoms with E-state index in [1.165, 1.54) is 6.42 Å². The molecule has 0 aromatic rings. The molecule has 1 amide bonds. The predicted octanol–water partition coefficient (Wildman–Crippen LogP) is 1.56. The van der Waals surface area contributed by atoms with Crippen LogP contribution < -0.4 is 5.73 Å². The van der Waals surface area contributed by atoms with Gasteiger partial charge in [-0.2, -0.15) is 0 Å². The number of amides is 1. The lowest BCUT2D eigenvalue weighted by Gasteiger charge is -2.02. The van der Waals surface area contributed by atoms with Gasteiger partial charge in [-0.1, -0.05) is 24.3 Å². The van der Waals surface area contributed by atoms with Crippen molar-refractivity contribution in [2.45, 2.75) is 12.8 Å². The normalized spacial score (nSPS) is 13.5. The lowest BCUT2D eigenvalue weighted by atomic mass is 10.1. The third kappa shape index (κ3) is 5.38. The first-order valence-electron chi connectivity index (χ1n) is 2.93. The van der Waals surface area contributed by atoms with Gasteiger partial charge in [0.1, 0.15) is 0 Å². The van der Waals surface area contributed by atoms with Crippen molar-refractivity contribution in [3.63, 3.8) is 0 Å². The number of carbonyl (C=O) groups excluding carboxylic acids is 1. The summed E-state index contributed by atoms with van der Waals surface area (Å²) in [6.07, 6.45) is 5.39. The Morgan fingerprint density at radius 2 is 2.20 bits per heavy atom. The van der Waals surface area contributed by atoms with Crippen LogP contribution in [0.2, 0.25) is 0 Å². The van der Waals surface area contributed by atoms with Gasteiger partial charge in [0, 0.05) is 5.03 Å². The van der Waals surface area contributed by atoms with Crippen LogP contribution in [-0.4, -0.2) is 5.91 Å². The highest BCUT2D eigenvalue weighted by atomic mass is 35.5. The molecule has 1 aliphatic rings. The second-order valence-electron chi connectivity index (χ2n) is 1.80. The van der Waals surface area contributed by atoms with Crippen molar-refractivity contribution < 1.29 is 4.79 Å². The number of hydrogen-bond acceptors (Lipinski definition) is 1. The van der Waals surface area contributed by atoms with E-state index in [9.17, 15) is 4.79 Å². The highest BCUT2D eigenvalue weighted by molar-refractivity contribution is 6.30. The molecule has 10 heavy (non-hydrogen) atoms. The van der Waals surface area contributed by atoms with Crippen LogP contribution >= 0.6 is 11.6 Å². The topological polar surface area (TPSA) is 43.1 Å². The van der Waals surface area contributed by atoms with Crippen molar-refractivity contribution >= 4 is 17.5 Å². The number of nitrogens with two attached hydrogens (primary N) is 1. The van der Waals surface area contributed by atoms with Gasteiger partial charge in [-0.3, -0.25) is 4.79 Å². The molecule has 0 aliphatic heterocycles. The lowest BCUT2D eigenvalue weighted by Crippen LogP contribution is -2.04. The SMILES string of the molecule is C=CC(N)=O.ClC1=CCC1. The summed E-state index contributed by atoms with van der Waals surface area (Å²) in [6.45, 7) is 3.09. The van der Waals surface area contributed by atoms with Gasteiger partial charge in [0.25, 0.3) is 0 Å². The average Bonchev–Trinajstić information content (AvgIpc) is 1.85. The van der Waals surface area contributed by atoms with Crippen LogP contribution in [0.5, 0.6) is 0 Å². The maximum absolute atomic E-state index is 9.47. The van der Waals surface area contributed by atoms with Crippen LogP contribution in [0, 0.1) is 0 Å². The smallest absolute Gasteiger partial charge is 0.240 e. The Balaban J connectivity index is 0.000000162. The Morgan fingerprint density at radius 1 is 1.90 bits per heavy atom. The van der Waals surface area contributed by atoms with E-state index in [4.69, 9.17) is 11.6 Å². The summed E-state index contributed by atoms with van der Waals surface area (Å²) in [4.78, 5) is 9.47. The first-order valence-corrected chi connectivity index (χ1v) is 3.31. The summed E-state index contributed by atoms with van der Waals surface area (Å²) >= 11 is 5.41. The molecule has 56 valence electrons. The average molecular weight is 160 g/mol. The quantitative estimate of drug-likeness (QED) is 0.580. The van der Waals surface area contributed by atoms with E-state index < -0.39 is 5.91 Å². The Kier molecular flexibility index (Phi) is 4.67. The molecule has 0 aromatic carbocycles. The van der Waals surface area contributed by atoms with E-state index in [1.54, 1.807) is 0 Å². The second-order valence-corrected chi connectivity index (χ2v) is 2.28. The van der Waals surface area contributed by atoms with Gasteiger partial charge in [0.05, 0.1) is 0 Å². The molecule has 0 saturated heterocycles. The van der Waals surface area contributed by atoms with E-state index in [2.05, 4.69) is 12.3 Å². The second kappa shape index (κ2) is 5.06. The summed E-state index contributed by atoms with van der Waals surface area (Å²) < 4.78 is 0. The summed E-state index contributed by atoms with van der Waals surface area (Å²) in [5, 5.41) is 1.03. The molecule has 0 atom stereocenters. The molecule has 0 saturated carbocycles. The van der Waals surface area contributed by atoms with E-state index in [1.807, 2.05) is 6.08 Å². The molecule has 2 N–H and O–H groups in total. The van der Waals surface area contributed by atoms with Gasteiger partial charge in [0.15, 0.2) is 0 Å². The molecule has 2 nitrogen and oxygen atoms in total. The maximum atomic E-state index is 9.47. The number of halogens is 1. The van der Waals surface area contributed by atoms with Crippen molar-refractivity contribution in [2.75, 3.05) is 0 Å². The molecule has 0 spiro atoms. The lowest BCUT2D eigenvalue weighted by molar-refractivity contribution is -0.113. The standard InChI is InChI=1S/C4H5Cl.C3H5NO/c5-4-2-1-3-4;1-2-3(4)5/h2H,1,3H2;2H,1H2,(H2,4,5). The van der Waals surface area contributed by atoms with Gasteiger partial charge in [-0.15, -0.1) is 0 Å². The van der Waals surface area contributed by atoms with Crippen LogP contribution in [0.25, 0.3) is 0 Å². The van der Waals surface area contributed by atoms with Crippen molar-refractivity contribution in [3.8, 4) is 0 Å². The molecule has 0 unspecified atom stereocenters. The van der Waals surface area contributed by atoms with Crippen molar-refractivity contribution in [2.24, 2.45) is 5.73 Å². The Morgan fingerprint density at radius 3 is 2.20 bits per heavy atom. The molecule has 1 rings (SSSR count). The van der Waals surface area contributed by atoms with Crippen molar-refractivity contribution in [3.05, 3.63) is 23.8 Å². The summed E-state index contributed by atoms with van der Waals surface area (Å²) in [5.74, 6) is -0.481. The zero-order chi connectivity index (χ0) is 7.98. The molecule has 0 heterocycles. The number of primary amides is 1. The molecule has 1 aliphatic carbocycles. The van der Waals surface area contributed by atoms with E-state index in [0.29, 0.717) is 0 Å². The highest BCUT2D eigenvalue weighted by Crippen LogP contribution is 2.20. The van der Waals surface area contributed by atoms with Crippen LogP contribution in [0.3, 0.4) is 0 Å². The zero-order valence-corrected chi connectivity index (χ0v) is 6.40. The number of allylic oxidation sites excluding steroid dienone is 2. The van der Waals surface area contributed by atoms with Gasteiger partial charge < -0.3 is 5.73 Å². The third-order valence-electron chi connectivity index (χ3n) is 0.950. The summed E-state index contributed by atoms with van der Waals surface area (Å²) in [5.41, 5.74) is 4.53. The Labute approximate surface area is 65.4 Å². The van der Waals surface area contributed by atoms with Gasteiger partial charge in [-0.05, 0) is 18.9 Å². The van der Waals surface area contributed by atoms with Crippen LogP contribution in [0.1, 0.15) is 12.8 Å². The fraction of sp³-hybridized carbons (Fsp3) is 0.286. The minimum absolute atomic E-state index is 0.481. The largest absolute Gasteiger partial charge is 0.366 e. The third-order valence-corrected chi connectivity index (χ3v) is 1.29. The Bertz CT molecular complexity index is 163. The van der Waals surface area contributed by atoms with E-state index in [0.717, 1.165) is 17.5 Å². The van der Waals surface area contributed by atoms with Crippen LogP contribution in [0.4, 0.5) is 0 Å². The van der Waals surface area contributed by atoms with Crippen molar-refractivity contribution in [1.82, 2.24) is 0 Å². The van der Waals surface area contributed by atoms with Gasteiger partial charge in [-0.25, -0.2) is 0 Å². The summed E-state index contributed by atoms with van der Waals surface area (Å²) in [6, 6.07) is 0. The number of rotatable bonds is 1. The monoisotopic (exact) mass is 159 g/mol. The van der Waals surface area contributed by atoms with Gasteiger partial charge >= 0.3 is 0 Å². The first kappa shape index (κ1) is 9.24. The van der Waals surface area contributed by atoms with Crippen LogP contribution in [0.15, 0.2) is 23.8 Å². The van der Waals surface area contributed by atoms with E-state index in [-0.39, 0.29) is 0 Å². The minimum Gasteiger partial charge on any atom is -0.366 e. The molecule has 0 fully saturated rings. The molecule has 0 aromatic heterocycles. The Hall–Kier alpha value is -0.760. The van der Waals surface area contributed by atoms with Gasteiger partial charge in [0.2, 0.25) is 5.91 Å². The number of carbonyl (C=O) groups is 1. The van der Waals surface area contributed by atoms with Crippen LogP contribution in [-0.2, 0) is 4.79 Å². The first-order chi connectivity index (χ1) is 4.66. The summed E-state index contributed by atoms with van der Waals surface area (Å²) in [7, 11) is 0. The molecule has 3 heteroatoms. The molecular formula is C7H10ClNO. The molecule has 0 bridgehead atoms. The maximum Gasteiger partial charge on any atom is 0.240 e. The fourth-order valence-corrected chi connectivity index (χ4v) is 0.472. The number of hydrogen-bond donors (Lipinski definition) is 1.